The molecule has 5 nitrogen and oxygen atoms in total. The number of unbranched alkanes of at least 4 members (excludes halogenated alkanes) is 1. The van der Waals surface area contributed by atoms with Crippen LogP contribution >= 0.6 is 11.6 Å². The molecule has 6 heteroatoms. The summed E-state index contributed by atoms with van der Waals surface area (Å²) in [5, 5.41) is 7.42. The summed E-state index contributed by atoms with van der Waals surface area (Å²) in [5.41, 5.74) is 0.931. The molecule has 0 saturated heterocycles. The number of anilines is 1. The van der Waals surface area contributed by atoms with Crippen LogP contribution in [0.3, 0.4) is 0 Å². The van der Waals surface area contributed by atoms with E-state index in [0.717, 1.165) is 30.9 Å². The van der Waals surface area contributed by atoms with Crippen LogP contribution in [0, 0.1) is 6.92 Å². The Balaban J connectivity index is 2.12. The highest BCUT2D eigenvalue weighted by molar-refractivity contribution is 6.17. The zero-order chi connectivity index (χ0) is 11.4. The standard InChI is InChI=1S/C10H14ClN5/c1-8-6-9(12-5-3-2-4-11)16-10(15-8)13-7-14-16/h6-7,12H,2-5H2,1H3. The van der Waals surface area contributed by atoms with Crippen LogP contribution in [-0.2, 0) is 0 Å². The molecule has 0 aromatic carbocycles. The Morgan fingerprint density at radius 1 is 1.44 bits per heavy atom. The van der Waals surface area contributed by atoms with Crippen molar-refractivity contribution in [3.63, 3.8) is 0 Å². The normalized spacial score (nSPS) is 10.9. The van der Waals surface area contributed by atoms with Gasteiger partial charge < -0.3 is 5.32 Å². The summed E-state index contributed by atoms with van der Waals surface area (Å²) in [5.74, 6) is 2.25. The predicted octanol–water partition coefficient (Wildman–Crippen LogP) is 1.86. The summed E-state index contributed by atoms with van der Waals surface area (Å²) in [4.78, 5) is 8.33. The first-order valence-electron chi connectivity index (χ1n) is 5.28. The summed E-state index contributed by atoms with van der Waals surface area (Å²) in [7, 11) is 0. The number of aromatic nitrogens is 4. The largest absolute Gasteiger partial charge is 0.370 e. The molecule has 2 heterocycles. The molecule has 2 rings (SSSR count). The highest BCUT2D eigenvalue weighted by atomic mass is 35.5. The zero-order valence-corrected chi connectivity index (χ0v) is 9.91. The van der Waals surface area contributed by atoms with Crippen molar-refractivity contribution in [3.8, 4) is 0 Å². The Labute approximate surface area is 98.9 Å². The van der Waals surface area contributed by atoms with Gasteiger partial charge in [-0.15, -0.1) is 11.6 Å². The number of halogens is 1. The number of rotatable bonds is 5. The second-order valence-electron chi connectivity index (χ2n) is 3.58. The third kappa shape index (κ3) is 2.41. The molecular formula is C10H14ClN5. The van der Waals surface area contributed by atoms with Crippen molar-refractivity contribution in [2.45, 2.75) is 19.8 Å². The van der Waals surface area contributed by atoms with E-state index in [0.29, 0.717) is 11.7 Å². The van der Waals surface area contributed by atoms with E-state index in [4.69, 9.17) is 11.6 Å². The van der Waals surface area contributed by atoms with Crippen LogP contribution in [0.25, 0.3) is 5.78 Å². The third-order valence-electron chi connectivity index (χ3n) is 2.25. The Kier molecular flexibility index (Phi) is 3.56. The second kappa shape index (κ2) is 5.12. The molecule has 0 amide bonds. The number of fused-ring (bicyclic) bond motifs is 1. The van der Waals surface area contributed by atoms with E-state index in [9.17, 15) is 0 Å². The van der Waals surface area contributed by atoms with Gasteiger partial charge in [0.25, 0.3) is 5.78 Å². The van der Waals surface area contributed by atoms with Gasteiger partial charge in [0.15, 0.2) is 0 Å². The highest BCUT2D eigenvalue weighted by Crippen LogP contribution is 2.10. The topological polar surface area (TPSA) is 55.1 Å². The highest BCUT2D eigenvalue weighted by Gasteiger charge is 2.04. The van der Waals surface area contributed by atoms with Gasteiger partial charge in [0, 0.05) is 24.2 Å². The minimum Gasteiger partial charge on any atom is -0.370 e. The fourth-order valence-electron chi connectivity index (χ4n) is 1.49. The van der Waals surface area contributed by atoms with Crippen molar-refractivity contribution < 1.29 is 0 Å². The lowest BCUT2D eigenvalue weighted by Gasteiger charge is -2.07. The number of alkyl halides is 1. The van der Waals surface area contributed by atoms with Gasteiger partial charge >= 0.3 is 0 Å². The quantitative estimate of drug-likeness (QED) is 0.639. The molecule has 16 heavy (non-hydrogen) atoms. The Hall–Kier alpha value is -1.36. The lowest BCUT2D eigenvalue weighted by Crippen LogP contribution is -2.08. The maximum atomic E-state index is 5.62. The summed E-state index contributed by atoms with van der Waals surface area (Å²) in [6.45, 7) is 2.82. The second-order valence-corrected chi connectivity index (χ2v) is 3.96. The smallest absolute Gasteiger partial charge is 0.254 e. The number of hydrogen-bond donors (Lipinski definition) is 1. The van der Waals surface area contributed by atoms with Crippen molar-refractivity contribution in [1.29, 1.82) is 0 Å². The van der Waals surface area contributed by atoms with Gasteiger partial charge in [-0.1, -0.05) is 0 Å². The fraction of sp³-hybridized carbons (Fsp3) is 0.500. The van der Waals surface area contributed by atoms with E-state index < -0.39 is 0 Å². The molecule has 0 atom stereocenters. The first-order valence-corrected chi connectivity index (χ1v) is 5.82. The van der Waals surface area contributed by atoms with Crippen molar-refractivity contribution in [2.24, 2.45) is 0 Å². The molecule has 86 valence electrons. The first-order chi connectivity index (χ1) is 7.81. The number of nitrogens with one attached hydrogen (secondary N) is 1. The molecule has 0 spiro atoms. The van der Waals surface area contributed by atoms with Gasteiger partial charge in [-0.3, -0.25) is 0 Å². The van der Waals surface area contributed by atoms with Gasteiger partial charge in [-0.2, -0.15) is 14.6 Å². The minimum absolute atomic E-state index is 0.625. The number of nitrogens with zero attached hydrogens (tertiary/aromatic N) is 4. The van der Waals surface area contributed by atoms with Crippen molar-refractivity contribution in [3.05, 3.63) is 18.1 Å². The van der Waals surface area contributed by atoms with Crippen LogP contribution in [0.4, 0.5) is 5.82 Å². The summed E-state index contributed by atoms with van der Waals surface area (Å²) in [6.07, 6.45) is 3.56. The van der Waals surface area contributed by atoms with Crippen LogP contribution in [0.2, 0.25) is 0 Å². The van der Waals surface area contributed by atoms with Crippen molar-refractivity contribution in [2.75, 3.05) is 17.7 Å². The molecule has 0 radical (unpaired) electrons. The van der Waals surface area contributed by atoms with Crippen LogP contribution < -0.4 is 5.32 Å². The van der Waals surface area contributed by atoms with E-state index in [1.807, 2.05) is 13.0 Å². The van der Waals surface area contributed by atoms with Crippen LogP contribution in [-0.4, -0.2) is 32.0 Å². The molecular weight excluding hydrogens is 226 g/mol. The average Bonchev–Trinajstić information content (AvgIpc) is 2.72. The van der Waals surface area contributed by atoms with Crippen molar-refractivity contribution >= 4 is 23.2 Å². The molecule has 0 aliphatic heterocycles. The molecule has 0 bridgehead atoms. The number of aryl methyl sites for hydroxylation is 1. The summed E-state index contributed by atoms with van der Waals surface area (Å²) < 4.78 is 1.70. The van der Waals surface area contributed by atoms with Gasteiger partial charge in [-0.25, -0.2) is 4.98 Å². The predicted molar refractivity (Wildman–Crippen MR) is 64.0 cm³/mol. The van der Waals surface area contributed by atoms with Gasteiger partial charge in [0.1, 0.15) is 12.1 Å². The van der Waals surface area contributed by atoms with E-state index in [-0.39, 0.29) is 0 Å². The Morgan fingerprint density at radius 2 is 2.31 bits per heavy atom. The lowest BCUT2D eigenvalue weighted by molar-refractivity contribution is 0.823. The molecule has 0 unspecified atom stereocenters. The average molecular weight is 240 g/mol. The molecule has 0 fully saturated rings. The van der Waals surface area contributed by atoms with Gasteiger partial charge in [0.2, 0.25) is 0 Å². The Bertz CT molecular complexity index is 467. The molecule has 2 aromatic rings. The van der Waals surface area contributed by atoms with Crippen molar-refractivity contribution in [1.82, 2.24) is 19.6 Å². The molecule has 0 aliphatic carbocycles. The maximum absolute atomic E-state index is 5.62. The third-order valence-corrected chi connectivity index (χ3v) is 2.51. The van der Waals surface area contributed by atoms with E-state index >= 15 is 0 Å². The Morgan fingerprint density at radius 3 is 3.12 bits per heavy atom. The maximum Gasteiger partial charge on any atom is 0.254 e. The molecule has 1 N–H and O–H groups in total. The zero-order valence-electron chi connectivity index (χ0n) is 9.15. The monoisotopic (exact) mass is 239 g/mol. The number of hydrogen-bond acceptors (Lipinski definition) is 4. The summed E-state index contributed by atoms with van der Waals surface area (Å²) in [6, 6.07) is 1.96. The lowest BCUT2D eigenvalue weighted by atomic mass is 10.3. The van der Waals surface area contributed by atoms with Crippen LogP contribution in [0.15, 0.2) is 12.4 Å². The molecule has 2 aromatic heterocycles. The van der Waals surface area contributed by atoms with Gasteiger partial charge in [0.05, 0.1) is 0 Å². The molecule has 0 aliphatic rings. The van der Waals surface area contributed by atoms with E-state index in [2.05, 4.69) is 20.4 Å². The first kappa shape index (κ1) is 11.1. The summed E-state index contributed by atoms with van der Waals surface area (Å²) >= 11 is 5.62. The van der Waals surface area contributed by atoms with Gasteiger partial charge in [-0.05, 0) is 19.8 Å². The SMILES string of the molecule is Cc1cc(NCCCCCl)n2ncnc2n1. The van der Waals surface area contributed by atoms with Crippen LogP contribution in [0.1, 0.15) is 18.5 Å². The molecule has 0 saturated carbocycles. The minimum atomic E-state index is 0.625. The van der Waals surface area contributed by atoms with Crippen LogP contribution in [0.5, 0.6) is 0 Å². The fourth-order valence-corrected chi connectivity index (χ4v) is 1.68. The van der Waals surface area contributed by atoms with E-state index in [1.165, 1.54) is 6.33 Å². The van der Waals surface area contributed by atoms with E-state index in [1.54, 1.807) is 4.52 Å².